The highest BCUT2D eigenvalue weighted by atomic mass is 19.1. The number of oxazole rings is 1. The lowest BCUT2D eigenvalue weighted by Gasteiger charge is -2.25. The first-order chi connectivity index (χ1) is 9.15. The van der Waals surface area contributed by atoms with Gasteiger partial charge in [0.1, 0.15) is 17.3 Å². The summed E-state index contributed by atoms with van der Waals surface area (Å²) in [5, 5.41) is 0. The van der Waals surface area contributed by atoms with Crippen LogP contribution in [0.3, 0.4) is 0 Å². The van der Waals surface area contributed by atoms with Crippen LogP contribution in [0.5, 0.6) is 0 Å². The van der Waals surface area contributed by atoms with E-state index in [2.05, 4.69) is 4.98 Å². The van der Waals surface area contributed by atoms with Gasteiger partial charge >= 0.3 is 0 Å². The van der Waals surface area contributed by atoms with Gasteiger partial charge < -0.3 is 15.1 Å². The quantitative estimate of drug-likeness (QED) is 0.846. The minimum Gasteiger partial charge on any atom is -0.428 e. The number of fused-ring (bicyclic) bond motifs is 1. The number of carbonyl (C=O) groups is 1. The molecule has 0 atom stereocenters. The molecule has 5 nitrogen and oxygen atoms in total. The summed E-state index contributed by atoms with van der Waals surface area (Å²) in [6.45, 7) is 0.762. The number of hydrogen-bond donors (Lipinski definition) is 1. The van der Waals surface area contributed by atoms with E-state index in [4.69, 9.17) is 10.2 Å². The average molecular weight is 261 g/mol. The Bertz CT molecular complexity index is 639. The van der Waals surface area contributed by atoms with E-state index in [0.29, 0.717) is 31.0 Å². The number of nitrogen functional groups attached to an aromatic ring is 1. The monoisotopic (exact) mass is 261 g/mol. The van der Waals surface area contributed by atoms with E-state index in [9.17, 15) is 9.18 Å². The number of rotatable bonds is 1. The van der Waals surface area contributed by atoms with Crippen molar-refractivity contribution in [2.75, 3.05) is 12.3 Å². The summed E-state index contributed by atoms with van der Waals surface area (Å²) >= 11 is 0. The molecule has 0 bridgehead atoms. The van der Waals surface area contributed by atoms with Crippen molar-refractivity contribution in [2.24, 2.45) is 0 Å². The van der Waals surface area contributed by atoms with E-state index < -0.39 is 5.82 Å². The van der Waals surface area contributed by atoms with E-state index in [1.165, 1.54) is 12.1 Å². The van der Waals surface area contributed by atoms with Crippen LogP contribution in [0.2, 0.25) is 0 Å². The first kappa shape index (κ1) is 11.7. The molecule has 2 heterocycles. The number of halogens is 1. The van der Waals surface area contributed by atoms with Crippen LogP contribution < -0.4 is 5.73 Å². The summed E-state index contributed by atoms with van der Waals surface area (Å²) < 4.78 is 18.8. The van der Waals surface area contributed by atoms with Gasteiger partial charge in [-0.05, 0) is 12.1 Å². The van der Waals surface area contributed by atoms with E-state index >= 15 is 0 Å². The third kappa shape index (κ3) is 2.05. The summed E-state index contributed by atoms with van der Waals surface area (Å²) in [6.07, 6.45) is 0.541. The molecule has 3 rings (SSSR count). The smallest absolute Gasteiger partial charge is 0.292 e. The van der Waals surface area contributed by atoms with Crippen LogP contribution in [-0.4, -0.2) is 22.3 Å². The Hall–Kier alpha value is -2.37. The summed E-state index contributed by atoms with van der Waals surface area (Å²) in [7, 11) is 0. The van der Waals surface area contributed by atoms with Crippen molar-refractivity contribution in [2.45, 2.75) is 13.0 Å². The zero-order chi connectivity index (χ0) is 13.4. The molecule has 1 aromatic heterocycles. The lowest BCUT2D eigenvalue weighted by atomic mass is 10.1. The van der Waals surface area contributed by atoms with Gasteiger partial charge in [-0.25, -0.2) is 4.39 Å². The van der Waals surface area contributed by atoms with Gasteiger partial charge in [0.25, 0.3) is 11.9 Å². The topological polar surface area (TPSA) is 72.4 Å². The first-order valence-electron chi connectivity index (χ1n) is 5.93. The molecule has 0 aliphatic carbocycles. The fourth-order valence-electron chi connectivity index (χ4n) is 2.20. The van der Waals surface area contributed by atoms with Crippen molar-refractivity contribution in [3.63, 3.8) is 0 Å². The van der Waals surface area contributed by atoms with Crippen molar-refractivity contribution in [3.05, 3.63) is 47.1 Å². The number of benzene rings is 1. The lowest BCUT2D eigenvalue weighted by molar-refractivity contribution is 0.0723. The van der Waals surface area contributed by atoms with Crippen LogP contribution in [0.15, 0.2) is 28.7 Å². The molecular weight excluding hydrogens is 249 g/mol. The Morgan fingerprint density at radius 2 is 2.21 bits per heavy atom. The number of carbonyl (C=O) groups excluding carboxylic acids is 1. The number of hydrogen-bond acceptors (Lipinski definition) is 4. The molecule has 2 aromatic rings. The molecule has 0 saturated heterocycles. The Kier molecular flexibility index (Phi) is 2.70. The van der Waals surface area contributed by atoms with Gasteiger partial charge in [-0.3, -0.25) is 4.79 Å². The second-order valence-electron chi connectivity index (χ2n) is 4.38. The van der Waals surface area contributed by atoms with Gasteiger partial charge in [-0.1, -0.05) is 12.1 Å². The predicted molar refractivity (Wildman–Crippen MR) is 65.8 cm³/mol. The van der Waals surface area contributed by atoms with Crippen LogP contribution in [0.1, 0.15) is 21.8 Å². The molecule has 19 heavy (non-hydrogen) atoms. The summed E-state index contributed by atoms with van der Waals surface area (Å²) in [5.41, 5.74) is 6.19. The molecule has 0 radical (unpaired) electrons. The Morgan fingerprint density at radius 1 is 1.42 bits per heavy atom. The Morgan fingerprint density at radius 3 is 3.00 bits per heavy atom. The molecule has 0 saturated carbocycles. The molecule has 1 aliphatic heterocycles. The van der Waals surface area contributed by atoms with Crippen molar-refractivity contribution in [1.29, 1.82) is 0 Å². The molecule has 1 aromatic carbocycles. The molecule has 0 unspecified atom stereocenters. The minimum atomic E-state index is -0.516. The third-order valence-electron chi connectivity index (χ3n) is 3.14. The fourth-order valence-corrected chi connectivity index (χ4v) is 2.20. The highest BCUT2D eigenvalue weighted by Crippen LogP contribution is 2.22. The first-order valence-corrected chi connectivity index (χ1v) is 5.93. The zero-order valence-corrected chi connectivity index (χ0v) is 10.1. The fraction of sp³-hybridized carbons (Fsp3) is 0.231. The highest BCUT2D eigenvalue weighted by Gasteiger charge is 2.26. The molecule has 98 valence electrons. The van der Waals surface area contributed by atoms with E-state index in [1.807, 2.05) is 0 Å². The molecule has 0 spiro atoms. The standard InChI is InChI=1S/C13H12FN3O2/c14-9-4-2-1-3-8(9)12(18)17-6-5-11-10(7-17)16-13(15)19-11/h1-4H,5-7H2,(H2,15,16). The maximum Gasteiger partial charge on any atom is 0.292 e. The lowest BCUT2D eigenvalue weighted by Crippen LogP contribution is -2.36. The van der Waals surface area contributed by atoms with Gasteiger partial charge in [0.05, 0.1) is 12.1 Å². The molecule has 0 fully saturated rings. The van der Waals surface area contributed by atoms with Crippen molar-refractivity contribution in [3.8, 4) is 0 Å². The molecule has 6 heteroatoms. The molecule has 2 N–H and O–H groups in total. The minimum absolute atomic E-state index is 0.0717. The van der Waals surface area contributed by atoms with E-state index in [-0.39, 0.29) is 17.5 Å². The largest absolute Gasteiger partial charge is 0.428 e. The second-order valence-corrected chi connectivity index (χ2v) is 4.38. The van der Waals surface area contributed by atoms with Gasteiger partial charge in [-0.2, -0.15) is 4.98 Å². The van der Waals surface area contributed by atoms with E-state index in [1.54, 1.807) is 17.0 Å². The van der Waals surface area contributed by atoms with Gasteiger partial charge in [0.15, 0.2) is 0 Å². The normalized spacial score (nSPS) is 14.3. The van der Waals surface area contributed by atoms with Crippen LogP contribution >= 0.6 is 0 Å². The van der Waals surface area contributed by atoms with Gasteiger partial charge in [0.2, 0.25) is 0 Å². The SMILES string of the molecule is Nc1nc2c(o1)CCN(C(=O)c1ccccc1F)C2. The predicted octanol–water partition coefficient (Wildman–Crippen LogP) is 1.59. The molecular formula is C13H12FN3O2. The van der Waals surface area contributed by atoms with Crippen LogP contribution in [-0.2, 0) is 13.0 Å². The summed E-state index contributed by atoms with van der Waals surface area (Å²) in [4.78, 5) is 17.8. The van der Waals surface area contributed by atoms with Crippen molar-refractivity contribution in [1.82, 2.24) is 9.88 Å². The van der Waals surface area contributed by atoms with E-state index in [0.717, 1.165) is 0 Å². The zero-order valence-electron chi connectivity index (χ0n) is 10.1. The number of nitrogens with zero attached hydrogens (tertiary/aromatic N) is 2. The maximum atomic E-state index is 13.6. The maximum absolute atomic E-state index is 13.6. The van der Waals surface area contributed by atoms with Crippen molar-refractivity contribution >= 4 is 11.9 Å². The number of anilines is 1. The van der Waals surface area contributed by atoms with Gasteiger partial charge in [-0.15, -0.1) is 0 Å². The van der Waals surface area contributed by atoms with Gasteiger partial charge in [0, 0.05) is 13.0 Å². The average Bonchev–Trinajstić information content (AvgIpc) is 2.77. The van der Waals surface area contributed by atoms with Crippen LogP contribution in [0.4, 0.5) is 10.4 Å². The molecule has 1 aliphatic rings. The summed E-state index contributed by atoms with van der Waals surface area (Å²) in [5.74, 6) is -0.154. The number of nitrogens with two attached hydrogens (primary N) is 1. The molecule has 1 amide bonds. The second kappa shape index (κ2) is 4.38. The number of amides is 1. The summed E-state index contributed by atoms with van der Waals surface area (Å²) in [6, 6.07) is 6.05. The third-order valence-corrected chi connectivity index (χ3v) is 3.14. The Labute approximate surface area is 108 Å². The van der Waals surface area contributed by atoms with Crippen LogP contribution in [0, 0.1) is 5.82 Å². The number of aromatic nitrogens is 1. The van der Waals surface area contributed by atoms with Crippen LogP contribution in [0.25, 0.3) is 0 Å². The highest BCUT2D eigenvalue weighted by molar-refractivity contribution is 5.94. The van der Waals surface area contributed by atoms with Crippen molar-refractivity contribution < 1.29 is 13.6 Å². The Balaban J connectivity index is 1.85.